The second kappa shape index (κ2) is 11.3. The average molecular weight is 488 g/mol. The van der Waals surface area contributed by atoms with Crippen LogP contribution in [0.25, 0.3) is 0 Å². The highest BCUT2D eigenvalue weighted by atomic mass is 35.5. The highest BCUT2D eigenvalue weighted by Gasteiger charge is 2.24. The fourth-order valence-corrected chi connectivity index (χ4v) is 4.39. The topological polar surface area (TPSA) is 52.7 Å². The predicted octanol–water partition coefficient (Wildman–Crippen LogP) is 6.32. The summed E-state index contributed by atoms with van der Waals surface area (Å²) in [6.07, 6.45) is 0. The molecule has 0 spiro atoms. The second-order valence-electron chi connectivity index (χ2n) is 8.07. The van der Waals surface area contributed by atoms with Gasteiger partial charge in [0, 0.05) is 28.2 Å². The van der Waals surface area contributed by atoms with Gasteiger partial charge in [-0.25, -0.2) is 9.18 Å². The Labute approximate surface area is 202 Å². The molecule has 0 saturated carbocycles. The van der Waals surface area contributed by atoms with Gasteiger partial charge in [-0.1, -0.05) is 29.8 Å². The Kier molecular flexibility index (Phi) is 8.47. The number of nitrogens with one attached hydrogen (secondary N) is 1. The number of aryl methyl sites for hydroxylation is 1. The molecule has 1 aromatic heterocycles. The van der Waals surface area contributed by atoms with Gasteiger partial charge in [0.2, 0.25) is 5.91 Å². The first kappa shape index (κ1) is 24.7. The number of anilines is 1. The van der Waals surface area contributed by atoms with Crippen molar-refractivity contribution in [2.75, 3.05) is 11.9 Å². The third-order valence-electron chi connectivity index (χ3n) is 5.21. The van der Waals surface area contributed by atoms with E-state index in [0.29, 0.717) is 23.8 Å². The quantitative estimate of drug-likeness (QED) is 0.404. The number of nitrogens with zero attached hydrogens (tertiary/aromatic N) is 2. The first-order chi connectivity index (χ1) is 15.7. The number of carbonyl (C=O) groups excluding carboxylic acids is 2. The summed E-state index contributed by atoms with van der Waals surface area (Å²) in [5.74, 6) is -0.517. The third kappa shape index (κ3) is 7.04. The van der Waals surface area contributed by atoms with Crippen molar-refractivity contribution < 1.29 is 14.0 Å². The molecule has 0 unspecified atom stereocenters. The van der Waals surface area contributed by atoms with E-state index < -0.39 is 0 Å². The zero-order valence-electron chi connectivity index (χ0n) is 18.8. The number of rotatable bonds is 8. The van der Waals surface area contributed by atoms with Gasteiger partial charge in [0.15, 0.2) is 0 Å². The summed E-state index contributed by atoms with van der Waals surface area (Å²) in [4.78, 5) is 30.6. The second-order valence-corrected chi connectivity index (χ2v) is 9.50. The molecule has 5 nitrogen and oxygen atoms in total. The van der Waals surface area contributed by atoms with Crippen molar-refractivity contribution in [1.82, 2.24) is 9.80 Å². The number of benzene rings is 2. The Balaban J connectivity index is 1.77. The molecule has 3 amide bonds. The number of urea groups is 1. The fraction of sp³-hybridized carbons (Fsp3) is 0.280. The number of halogens is 2. The molecule has 2 aromatic carbocycles. The van der Waals surface area contributed by atoms with E-state index >= 15 is 0 Å². The van der Waals surface area contributed by atoms with Crippen LogP contribution in [0.15, 0.2) is 60.0 Å². The lowest BCUT2D eigenvalue weighted by Gasteiger charge is -2.30. The lowest BCUT2D eigenvalue weighted by Crippen LogP contribution is -2.47. The van der Waals surface area contributed by atoms with Crippen molar-refractivity contribution in [1.29, 1.82) is 0 Å². The number of thiophene rings is 1. The molecule has 0 saturated heterocycles. The van der Waals surface area contributed by atoms with E-state index in [1.807, 2.05) is 32.2 Å². The van der Waals surface area contributed by atoms with Crippen molar-refractivity contribution in [3.05, 3.63) is 86.8 Å². The van der Waals surface area contributed by atoms with Gasteiger partial charge >= 0.3 is 6.03 Å². The number of hydrogen-bond donors (Lipinski definition) is 1. The summed E-state index contributed by atoms with van der Waals surface area (Å²) in [5.41, 5.74) is 2.48. The molecule has 3 rings (SSSR count). The molecule has 3 aromatic rings. The van der Waals surface area contributed by atoms with Gasteiger partial charge < -0.3 is 15.1 Å². The van der Waals surface area contributed by atoms with Gasteiger partial charge in [-0.15, -0.1) is 11.3 Å². The number of carbonyl (C=O) groups is 2. The molecule has 0 aliphatic heterocycles. The molecular formula is C25H27ClFN3O2S. The van der Waals surface area contributed by atoms with Gasteiger partial charge in [0.25, 0.3) is 0 Å². The zero-order chi connectivity index (χ0) is 24.0. The molecule has 174 valence electrons. The summed E-state index contributed by atoms with van der Waals surface area (Å²) in [5, 5.41) is 5.31. The van der Waals surface area contributed by atoms with Crippen molar-refractivity contribution in [2.24, 2.45) is 0 Å². The minimum absolute atomic E-state index is 0.0876. The van der Waals surface area contributed by atoms with Crippen LogP contribution < -0.4 is 5.32 Å². The van der Waals surface area contributed by atoms with E-state index in [1.165, 1.54) is 17.0 Å². The minimum Gasteiger partial charge on any atom is -0.332 e. The Morgan fingerprint density at radius 2 is 1.82 bits per heavy atom. The molecule has 0 fully saturated rings. The van der Waals surface area contributed by atoms with Gasteiger partial charge in [-0.05, 0) is 73.7 Å². The summed E-state index contributed by atoms with van der Waals surface area (Å²) >= 11 is 7.60. The van der Waals surface area contributed by atoms with Crippen molar-refractivity contribution in [3.63, 3.8) is 0 Å². The van der Waals surface area contributed by atoms with E-state index in [1.54, 1.807) is 52.6 Å². The van der Waals surface area contributed by atoms with E-state index in [-0.39, 0.29) is 30.3 Å². The zero-order valence-corrected chi connectivity index (χ0v) is 20.4. The van der Waals surface area contributed by atoms with Crippen LogP contribution in [-0.2, 0) is 17.9 Å². The highest BCUT2D eigenvalue weighted by Crippen LogP contribution is 2.21. The summed E-state index contributed by atoms with van der Waals surface area (Å²) in [6, 6.07) is 14.4. The standard InChI is InChI=1S/C25H27ClFN3O2S/c1-17(2)30(25(32)28-22-6-4-5-20(26)13-22)16-24(31)29(15-23-18(3)11-12-33-23)14-19-7-9-21(27)10-8-19/h4-13,17H,14-16H2,1-3H3,(H,28,32). The van der Waals surface area contributed by atoms with Gasteiger partial charge in [0.05, 0.1) is 6.54 Å². The Bertz CT molecular complexity index is 1100. The molecule has 33 heavy (non-hydrogen) atoms. The van der Waals surface area contributed by atoms with Gasteiger partial charge in [0.1, 0.15) is 12.4 Å². The van der Waals surface area contributed by atoms with Crippen LogP contribution >= 0.6 is 22.9 Å². The third-order valence-corrected chi connectivity index (χ3v) is 6.45. The van der Waals surface area contributed by atoms with Crippen LogP contribution in [0.5, 0.6) is 0 Å². The van der Waals surface area contributed by atoms with Crippen LogP contribution in [0.4, 0.5) is 14.9 Å². The Morgan fingerprint density at radius 3 is 2.42 bits per heavy atom. The first-order valence-corrected chi connectivity index (χ1v) is 11.9. The Hall–Kier alpha value is -2.90. The summed E-state index contributed by atoms with van der Waals surface area (Å²) < 4.78 is 13.4. The van der Waals surface area contributed by atoms with Crippen molar-refractivity contribution in [2.45, 2.75) is 39.9 Å². The number of amides is 3. The predicted molar refractivity (Wildman–Crippen MR) is 132 cm³/mol. The van der Waals surface area contributed by atoms with E-state index in [0.717, 1.165) is 16.0 Å². The molecule has 1 N–H and O–H groups in total. The molecule has 0 radical (unpaired) electrons. The molecule has 0 bridgehead atoms. The molecule has 1 heterocycles. The monoisotopic (exact) mass is 487 g/mol. The van der Waals surface area contributed by atoms with Crippen molar-refractivity contribution >= 4 is 40.6 Å². The van der Waals surface area contributed by atoms with E-state index in [9.17, 15) is 14.0 Å². The maximum Gasteiger partial charge on any atom is 0.322 e. The summed E-state index contributed by atoms with van der Waals surface area (Å²) in [6.45, 7) is 6.37. The van der Waals surface area contributed by atoms with Crippen LogP contribution in [0.2, 0.25) is 5.02 Å². The van der Waals surface area contributed by atoms with Crippen LogP contribution in [0.3, 0.4) is 0 Å². The molecule has 8 heteroatoms. The maximum atomic E-state index is 13.4. The van der Waals surface area contributed by atoms with Crippen LogP contribution in [-0.4, -0.2) is 34.3 Å². The van der Waals surface area contributed by atoms with Gasteiger partial charge in [-0.3, -0.25) is 4.79 Å². The SMILES string of the molecule is Cc1ccsc1CN(Cc1ccc(F)cc1)C(=O)CN(C(=O)Nc1cccc(Cl)c1)C(C)C. The maximum absolute atomic E-state index is 13.4. The van der Waals surface area contributed by atoms with Crippen LogP contribution in [0.1, 0.15) is 29.9 Å². The summed E-state index contributed by atoms with van der Waals surface area (Å²) in [7, 11) is 0. The molecule has 0 atom stereocenters. The molecule has 0 aliphatic carbocycles. The molecular weight excluding hydrogens is 461 g/mol. The lowest BCUT2D eigenvalue weighted by atomic mass is 10.2. The van der Waals surface area contributed by atoms with E-state index in [2.05, 4.69) is 5.32 Å². The van der Waals surface area contributed by atoms with Crippen LogP contribution in [0, 0.1) is 12.7 Å². The fourth-order valence-electron chi connectivity index (χ4n) is 3.28. The highest BCUT2D eigenvalue weighted by molar-refractivity contribution is 7.10. The average Bonchev–Trinajstić information content (AvgIpc) is 3.17. The lowest BCUT2D eigenvalue weighted by molar-refractivity contribution is -0.133. The van der Waals surface area contributed by atoms with Crippen molar-refractivity contribution in [3.8, 4) is 0 Å². The smallest absolute Gasteiger partial charge is 0.322 e. The minimum atomic E-state index is -0.380. The van der Waals surface area contributed by atoms with E-state index in [4.69, 9.17) is 11.6 Å². The molecule has 0 aliphatic rings. The van der Waals surface area contributed by atoms with Gasteiger partial charge in [-0.2, -0.15) is 0 Å². The largest absolute Gasteiger partial charge is 0.332 e. The first-order valence-electron chi connectivity index (χ1n) is 10.6. The number of hydrogen-bond acceptors (Lipinski definition) is 3. The normalized spacial score (nSPS) is 10.8. The Morgan fingerprint density at radius 1 is 1.09 bits per heavy atom.